The molecule has 0 aliphatic rings. The van der Waals surface area contributed by atoms with E-state index in [1.54, 1.807) is 66.7 Å². The Morgan fingerprint density at radius 3 is 2.07 bits per heavy atom. The van der Waals surface area contributed by atoms with Crippen LogP contribution in [0.2, 0.25) is 5.02 Å². The van der Waals surface area contributed by atoms with E-state index in [0.717, 1.165) is 0 Å². The second-order valence-electron chi connectivity index (χ2n) is 6.66. The Kier molecular flexibility index (Phi) is 6.52. The molecule has 0 aliphatic carbocycles. The number of ether oxygens (including phenoxy) is 1. The molecule has 0 bridgehead atoms. The summed E-state index contributed by atoms with van der Waals surface area (Å²) in [6.07, 6.45) is 0.0673. The van der Waals surface area contributed by atoms with Crippen molar-refractivity contribution >= 4 is 34.8 Å². The summed E-state index contributed by atoms with van der Waals surface area (Å²) in [6, 6.07) is 20.7. The number of rotatable bonds is 6. The molecule has 0 atom stereocenters. The van der Waals surface area contributed by atoms with Gasteiger partial charge in [-0.3, -0.25) is 9.59 Å². The van der Waals surface area contributed by atoms with Gasteiger partial charge in [0.05, 0.1) is 16.8 Å². The Morgan fingerprint density at radius 2 is 1.45 bits per heavy atom. The highest BCUT2D eigenvalue weighted by Gasteiger charge is 2.11. The van der Waals surface area contributed by atoms with Crippen LogP contribution >= 0.6 is 11.6 Å². The molecule has 0 saturated heterocycles. The molecule has 0 fully saturated rings. The lowest BCUT2D eigenvalue weighted by molar-refractivity contribution is 0.101. The lowest BCUT2D eigenvalue weighted by Gasteiger charge is -2.11. The van der Waals surface area contributed by atoms with Gasteiger partial charge in [-0.1, -0.05) is 29.8 Å². The van der Waals surface area contributed by atoms with Crippen LogP contribution in [0.4, 0.5) is 11.4 Å². The summed E-state index contributed by atoms with van der Waals surface area (Å²) in [4.78, 5) is 24.7. The number of hydrogen-bond acceptors (Lipinski definition) is 3. The van der Waals surface area contributed by atoms with E-state index in [9.17, 15) is 9.59 Å². The topological polar surface area (TPSA) is 67.4 Å². The van der Waals surface area contributed by atoms with Crippen molar-refractivity contribution in [2.75, 3.05) is 10.6 Å². The zero-order valence-corrected chi connectivity index (χ0v) is 16.9. The van der Waals surface area contributed by atoms with Gasteiger partial charge in [-0.15, -0.1) is 0 Å². The van der Waals surface area contributed by atoms with E-state index in [4.69, 9.17) is 16.3 Å². The van der Waals surface area contributed by atoms with Gasteiger partial charge in [0.15, 0.2) is 0 Å². The molecule has 2 amide bonds. The third kappa shape index (κ3) is 5.59. The fraction of sp³-hybridized carbons (Fsp3) is 0.130. The third-order valence-corrected chi connectivity index (χ3v) is 4.31. The number of amides is 2. The van der Waals surface area contributed by atoms with Crippen LogP contribution in [0.15, 0.2) is 72.8 Å². The maximum Gasteiger partial charge on any atom is 0.255 e. The SMILES string of the molecule is CC(C)Oc1ccc(C(=O)Nc2ccc(NC(=O)c3ccccc3)c(Cl)c2)cc1. The van der Waals surface area contributed by atoms with Crippen molar-refractivity contribution < 1.29 is 14.3 Å². The van der Waals surface area contributed by atoms with Crippen LogP contribution in [0.5, 0.6) is 5.75 Å². The van der Waals surface area contributed by atoms with Gasteiger partial charge in [-0.05, 0) is 68.4 Å². The Bertz CT molecular complexity index is 1000. The third-order valence-electron chi connectivity index (χ3n) is 4.00. The second-order valence-corrected chi connectivity index (χ2v) is 7.07. The van der Waals surface area contributed by atoms with Crippen molar-refractivity contribution in [3.63, 3.8) is 0 Å². The number of halogens is 1. The Labute approximate surface area is 174 Å². The fourth-order valence-corrected chi connectivity index (χ4v) is 2.87. The first-order chi connectivity index (χ1) is 13.9. The monoisotopic (exact) mass is 408 g/mol. The zero-order valence-electron chi connectivity index (χ0n) is 16.1. The molecule has 0 saturated carbocycles. The molecular weight excluding hydrogens is 388 g/mol. The summed E-state index contributed by atoms with van der Waals surface area (Å²) in [6.45, 7) is 3.88. The molecule has 3 aromatic rings. The molecule has 2 N–H and O–H groups in total. The van der Waals surface area contributed by atoms with Crippen molar-refractivity contribution in [3.8, 4) is 5.75 Å². The van der Waals surface area contributed by atoms with Gasteiger partial charge in [0.1, 0.15) is 5.75 Å². The zero-order chi connectivity index (χ0) is 20.8. The number of carbonyl (C=O) groups excluding carboxylic acids is 2. The average Bonchev–Trinajstić information content (AvgIpc) is 2.70. The van der Waals surface area contributed by atoms with Gasteiger partial charge in [0.25, 0.3) is 11.8 Å². The highest BCUT2D eigenvalue weighted by molar-refractivity contribution is 6.34. The highest BCUT2D eigenvalue weighted by Crippen LogP contribution is 2.26. The van der Waals surface area contributed by atoms with Crippen LogP contribution < -0.4 is 15.4 Å². The maximum atomic E-state index is 12.4. The predicted molar refractivity (Wildman–Crippen MR) is 116 cm³/mol. The van der Waals surface area contributed by atoms with Crippen molar-refractivity contribution in [2.45, 2.75) is 20.0 Å². The molecule has 3 rings (SSSR count). The highest BCUT2D eigenvalue weighted by atomic mass is 35.5. The van der Waals surface area contributed by atoms with Crippen molar-refractivity contribution in [2.24, 2.45) is 0 Å². The van der Waals surface area contributed by atoms with Gasteiger partial charge in [0.2, 0.25) is 0 Å². The standard InChI is InChI=1S/C23H21ClN2O3/c1-15(2)29-19-11-8-17(9-12-19)22(27)25-18-10-13-21(20(24)14-18)26-23(28)16-6-4-3-5-7-16/h3-15H,1-2H3,(H,25,27)(H,26,28). The molecule has 0 aliphatic heterocycles. The van der Waals surface area contributed by atoms with E-state index in [0.29, 0.717) is 33.3 Å². The second kappa shape index (κ2) is 9.26. The molecule has 6 heteroatoms. The van der Waals surface area contributed by atoms with Crippen LogP contribution in [-0.2, 0) is 0 Å². The normalized spacial score (nSPS) is 10.5. The Hall–Kier alpha value is -3.31. The minimum absolute atomic E-state index is 0.0673. The quantitative estimate of drug-likeness (QED) is 0.555. The number of nitrogens with one attached hydrogen (secondary N) is 2. The van der Waals surface area contributed by atoms with Gasteiger partial charge < -0.3 is 15.4 Å². The summed E-state index contributed by atoms with van der Waals surface area (Å²) >= 11 is 6.28. The Morgan fingerprint density at radius 1 is 0.828 bits per heavy atom. The molecule has 0 spiro atoms. The number of benzene rings is 3. The molecule has 3 aromatic carbocycles. The van der Waals surface area contributed by atoms with Crippen LogP contribution in [0, 0.1) is 0 Å². The number of carbonyl (C=O) groups is 2. The average molecular weight is 409 g/mol. The van der Waals surface area contributed by atoms with Gasteiger partial charge in [-0.25, -0.2) is 0 Å². The van der Waals surface area contributed by atoms with Gasteiger partial charge in [-0.2, -0.15) is 0 Å². The minimum atomic E-state index is -0.266. The first-order valence-corrected chi connectivity index (χ1v) is 9.54. The summed E-state index contributed by atoms with van der Waals surface area (Å²) < 4.78 is 5.58. The van der Waals surface area contributed by atoms with E-state index < -0.39 is 0 Å². The van der Waals surface area contributed by atoms with E-state index in [-0.39, 0.29) is 17.9 Å². The molecule has 0 radical (unpaired) electrons. The largest absolute Gasteiger partial charge is 0.491 e. The first-order valence-electron chi connectivity index (χ1n) is 9.16. The van der Waals surface area contributed by atoms with Gasteiger partial charge in [0, 0.05) is 16.8 Å². The summed E-state index contributed by atoms with van der Waals surface area (Å²) in [7, 11) is 0. The number of hydrogen-bond donors (Lipinski definition) is 2. The minimum Gasteiger partial charge on any atom is -0.491 e. The Balaban J connectivity index is 1.65. The molecule has 29 heavy (non-hydrogen) atoms. The molecule has 5 nitrogen and oxygen atoms in total. The van der Waals surface area contributed by atoms with Gasteiger partial charge >= 0.3 is 0 Å². The smallest absolute Gasteiger partial charge is 0.255 e. The van der Waals surface area contributed by atoms with Crippen molar-refractivity contribution in [1.82, 2.24) is 0 Å². The van der Waals surface area contributed by atoms with E-state index in [1.165, 1.54) is 0 Å². The molecule has 148 valence electrons. The van der Waals surface area contributed by atoms with E-state index >= 15 is 0 Å². The van der Waals surface area contributed by atoms with Crippen molar-refractivity contribution in [3.05, 3.63) is 88.9 Å². The van der Waals surface area contributed by atoms with Crippen LogP contribution in [0.25, 0.3) is 0 Å². The summed E-state index contributed by atoms with van der Waals surface area (Å²) in [5, 5.41) is 5.88. The summed E-state index contributed by atoms with van der Waals surface area (Å²) in [5.41, 5.74) is 2.03. The van der Waals surface area contributed by atoms with Crippen LogP contribution in [0.1, 0.15) is 34.6 Å². The number of anilines is 2. The first kappa shape index (κ1) is 20.4. The maximum absolute atomic E-state index is 12.4. The molecule has 0 aromatic heterocycles. The fourth-order valence-electron chi connectivity index (χ4n) is 2.64. The van der Waals surface area contributed by atoms with Crippen LogP contribution in [0.3, 0.4) is 0 Å². The molecular formula is C23H21ClN2O3. The predicted octanol–water partition coefficient (Wildman–Crippen LogP) is 5.63. The molecule has 0 unspecified atom stereocenters. The van der Waals surface area contributed by atoms with Crippen LogP contribution in [-0.4, -0.2) is 17.9 Å². The lowest BCUT2D eigenvalue weighted by Crippen LogP contribution is -2.13. The lowest BCUT2D eigenvalue weighted by atomic mass is 10.2. The van der Waals surface area contributed by atoms with E-state index in [2.05, 4.69) is 10.6 Å². The van der Waals surface area contributed by atoms with Crippen molar-refractivity contribution in [1.29, 1.82) is 0 Å². The molecule has 0 heterocycles. The van der Waals surface area contributed by atoms with E-state index in [1.807, 2.05) is 19.9 Å². The summed E-state index contributed by atoms with van der Waals surface area (Å²) in [5.74, 6) is 0.185.